The van der Waals surface area contributed by atoms with E-state index in [2.05, 4.69) is 11.9 Å². The first kappa shape index (κ1) is 26.7. The molecule has 0 fully saturated rings. The summed E-state index contributed by atoms with van der Waals surface area (Å²) in [5.74, 6) is -0.642. The van der Waals surface area contributed by atoms with E-state index in [4.69, 9.17) is 21.9 Å². The molecule has 0 aromatic rings. The van der Waals surface area contributed by atoms with Crippen LogP contribution in [-0.2, 0) is 14.3 Å². The number of guanidine groups is 1. The minimum absolute atomic E-state index is 0. The number of amides is 1. The van der Waals surface area contributed by atoms with Crippen LogP contribution in [0.1, 0.15) is 84.0 Å². The zero-order valence-electron chi connectivity index (χ0n) is 16.1. The number of aliphatic imine (C=N–C) groups is 1. The van der Waals surface area contributed by atoms with Crippen LogP contribution in [0, 0.1) is 0 Å². The van der Waals surface area contributed by atoms with Crippen molar-refractivity contribution in [1.82, 2.24) is 0 Å². The summed E-state index contributed by atoms with van der Waals surface area (Å²) < 4.78 is 5.41. The van der Waals surface area contributed by atoms with E-state index < -0.39 is 12.0 Å². The van der Waals surface area contributed by atoms with Gasteiger partial charge in [0.2, 0.25) is 5.91 Å². The first-order valence-corrected chi connectivity index (χ1v) is 9.48. The quantitative estimate of drug-likeness (QED) is 0.161. The Bertz CT molecular complexity index is 402. The third kappa shape index (κ3) is 18.8. The lowest BCUT2D eigenvalue weighted by atomic mass is 10.1. The normalized spacial score (nSPS) is 11.3. The summed E-state index contributed by atoms with van der Waals surface area (Å²) >= 11 is 0. The van der Waals surface area contributed by atoms with Crippen LogP contribution < -0.4 is 17.2 Å². The molecule has 0 aliphatic rings. The van der Waals surface area contributed by atoms with Crippen molar-refractivity contribution in [3.8, 4) is 0 Å². The van der Waals surface area contributed by atoms with Gasteiger partial charge < -0.3 is 21.9 Å². The van der Waals surface area contributed by atoms with Crippen LogP contribution in [0.3, 0.4) is 0 Å². The second-order valence-electron chi connectivity index (χ2n) is 6.46. The van der Waals surface area contributed by atoms with Gasteiger partial charge in [-0.25, -0.2) is 0 Å². The lowest BCUT2D eigenvalue weighted by Crippen LogP contribution is -2.25. The number of ether oxygens (including phenoxy) is 1. The molecule has 1 amide bonds. The summed E-state index contributed by atoms with van der Waals surface area (Å²) in [4.78, 5) is 26.9. The number of esters is 1. The Hall–Kier alpha value is -1.50. The number of hydrogen-bond donors (Lipinski definition) is 3. The molecule has 6 N–H and O–H groups in total. The van der Waals surface area contributed by atoms with Crippen LogP contribution in [-0.4, -0.2) is 30.5 Å². The summed E-state index contributed by atoms with van der Waals surface area (Å²) in [5, 5.41) is 0. The van der Waals surface area contributed by atoms with Crippen molar-refractivity contribution < 1.29 is 14.3 Å². The third-order valence-electron chi connectivity index (χ3n) is 3.94. The topological polar surface area (TPSA) is 134 Å². The van der Waals surface area contributed by atoms with E-state index in [0.717, 1.165) is 32.1 Å². The van der Waals surface area contributed by atoms with Crippen molar-refractivity contribution in [3.05, 3.63) is 0 Å². The Morgan fingerprint density at radius 3 is 2.12 bits per heavy atom. The molecule has 0 spiro atoms. The van der Waals surface area contributed by atoms with Crippen LogP contribution >= 0.6 is 12.4 Å². The number of halogens is 1. The lowest BCUT2D eigenvalue weighted by molar-refractivity contribution is -0.150. The molecule has 0 heterocycles. The van der Waals surface area contributed by atoms with Crippen molar-refractivity contribution in [2.45, 2.75) is 90.1 Å². The number of unbranched alkanes of at least 4 members (excludes halogenated alkanes) is 7. The van der Waals surface area contributed by atoms with E-state index in [1.165, 1.54) is 25.7 Å². The summed E-state index contributed by atoms with van der Waals surface area (Å²) in [7, 11) is 0. The molecule has 0 unspecified atom stereocenters. The molecule has 0 bridgehead atoms. The largest absolute Gasteiger partial charge is 0.462 e. The van der Waals surface area contributed by atoms with Crippen molar-refractivity contribution in [1.29, 1.82) is 0 Å². The highest BCUT2D eigenvalue weighted by Crippen LogP contribution is 2.13. The Balaban J connectivity index is 0. The van der Waals surface area contributed by atoms with E-state index in [9.17, 15) is 9.59 Å². The molecule has 8 heteroatoms. The molecule has 7 nitrogen and oxygen atoms in total. The van der Waals surface area contributed by atoms with E-state index >= 15 is 0 Å². The number of rotatable bonds is 16. The number of hydrogen-bond acceptors (Lipinski definition) is 4. The molecule has 26 heavy (non-hydrogen) atoms. The van der Waals surface area contributed by atoms with Crippen LogP contribution in [0.5, 0.6) is 0 Å². The average Bonchev–Trinajstić information content (AvgIpc) is 2.52. The fourth-order valence-corrected chi connectivity index (χ4v) is 2.59. The highest BCUT2D eigenvalue weighted by molar-refractivity contribution is 5.85. The zero-order chi connectivity index (χ0) is 18.9. The van der Waals surface area contributed by atoms with Crippen molar-refractivity contribution in [2.75, 3.05) is 6.54 Å². The standard InChI is InChI=1S/C18H36N4O3.ClH/c1-2-3-4-5-6-7-8-12-17(24)25-15(14-16(19)23)11-9-10-13-22-18(20)21;/h15H,2-14H2,1H3,(H2,19,23)(H4,20,21,22);1H/t15-;/m0./s1. The molecule has 0 aliphatic heterocycles. The maximum atomic E-state index is 11.9. The Morgan fingerprint density at radius 1 is 0.923 bits per heavy atom. The van der Waals surface area contributed by atoms with Gasteiger partial charge in [-0.15, -0.1) is 12.4 Å². The number of carbonyl (C=O) groups excluding carboxylic acids is 2. The molecule has 0 aromatic carbocycles. The van der Waals surface area contributed by atoms with Crippen LogP contribution in [0.2, 0.25) is 0 Å². The average molecular weight is 393 g/mol. The molecule has 0 saturated heterocycles. The molecule has 0 saturated carbocycles. The summed E-state index contributed by atoms with van der Waals surface area (Å²) in [6.45, 7) is 2.72. The monoisotopic (exact) mass is 392 g/mol. The van der Waals surface area contributed by atoms with Crippen LogP contribution in [0.15, 0.2) is 4.99 Å². The van der Waals surface area contributed by atoms with Gasteiger partial charge in [-0.05, 0) is 25.7 Å². The predicted molar refractivity (Wildman–Crippen MR) is 108 cm³/mol. The van der Waals surface area contributed by atoms with Gasteiger partial charge in [-0.3, -0.25) is 14.6 Å². The van der Waals surface area contributed by atoms with Gasteiger partial charge >= 0.3 is 5.97 Å². The van der Waals surface area contributed by atoms with Gasteiger partial charge in [0, 0.05) is 13.0 Å². The maximum Gasteiger partial charge on any atom is 0.306 e. The van der Waals surface area contributed by atoms with E-state index in [-0.39, 0.29) is 30.8 Å². The van der Waals surface area contributed by atoms with Gasteiger partial charge in [-0.2, -0.15) is 0 Å². The molecule has 0 aromatic heterocycles. The third-order valence-corrected chi connectivity index (χ3v) is 3.94. The first-order valence-electron chi connectivity index (χ1n) is 9.48. The molecular weight excluding hydrogens is 356 g/mol. The minimum atomic E-state index is -0.460. The zero-order valence-corrected chi connectivity index (χ0v) is 16.9. The fourth-order valence-electron chi connectivity index (χ4n) is 2.59. The van der Waals surface area contributed by atoms with E-state index in [0.29, 0.717) is 19.4 Å². The summed E-state index contributed by atoms with van der Waals surface area (Å²) in [6.07, 6.45) is 10.2. The predicted octanol–water partition coefficient (Wildman–Crippen LogP) is 2.78. The fraction of sp³-hybridized carbons (Fsp3) is 0.833. The van der Waals surface area contributed by atoms with Crippen molar-refractivity contribution in [3.63, 3.8) is 0 Å². The minimum Gasteiger partial charge on any atom is -0.462 e. The summed E-state index contributed by atoms with van der Waals surface area (Å²) in [6, 6.07) is 0. The maximum absolute atomic E-state index is 11.9. The van der Waals surface area contributed by atoms with E-state index in [1.807, 2.05) is 0 Å². The van der Waals surface area contributed by atoms with Gasteiger partial charge in [0.1, 0.15) is 6.10 Å². The van der Waals surface area contributed by atoms with Gasteiger partial charge in [0.15, 0.2) is 5.96 Å². The summed E-state index contributed by atoms with van der Waals surface area (Å²) in [5.41, 5.74) is 15.7. The van der Waals surface area contributed by atoms with Crippen LogP contribution in [0.25, 0.3) is 0 Å². The highest BCUT2D eigenvalue weighted by Gasteiger charge is 2.16. The van der Waals surface area contributed by atoms with Crippen LogP contribution in [0.4, 0.5) is 0 Å². The molecule has 0 radical (unpaired) electrons. The number of carbonyl (C=O) groups is 2. The van der Waals surface area contributed by atoms with Gasteiger partial charge in [0.05, 0.1) is 6.42 Å². The molecule has 1 atom stereocenters. The SMILES string of the molecule is CCCCCCCCCC(=O)O[C@@H](CCCCN=C(N)N)CC(N)=O.Cl. The molecule has 154 valence electrons. The lowest BCUT2D eigenvalue weighted by Gasteiger charge is -2.16. The van der Waals surface area contributed by atoms with Crippen molar-refractivity contribution >= 4 is 30.2 Å². The van der Waals surface area contributed by atoms with Gasteiger partial charge in [0.25, 0.3) is 0 Å². The van der Waals surface area contributed by atoms with E-state index in [1.54, 1.807) is 0 Å². The molecular formula is C18H37ClN4O3. The first-order chi connectivity index (χ1) is 12.0. The number of nitrogens with zero attached hydrogens (tertiary/aromatic N) is 1. The number of nitrogens with two attached hydrogens (primary N) is 3. The Morgan fingerprint density at radius 2 is 1.54 bits per heavy atom. The highest BCUT2D eigenvalue weighted by atomic mass is 35.5. The smallest absolute Gasteiger partial charge is 0.306 e. The Labute approximate surface area is 163 Å². The molecule has 0 rings (SSSR count). The van der Waals surface area contributed by atoms with Crippen molar-refractivity contribution in [2.24, 2.45) is 22.2 Å². The Kier molecular flexibility index (Phi) is 18.8. The number of primary amides is 1. The second kappa shape index (κ2) is 18.3. The van der Waals surface area contributed by atoms with Gasteiger partial charge in [-0.1, -0.05) is 45.4 Å². The second-order valence-corrected chi connectivity index (χ2v) is 6.46. The molecule has 0 aliphatic carbocycles.